The average molecular weight is 362 g/mol. The third-order valence-corrected chi connectivity index (χ3v) is 4.68. The Morgan fingerprint density at radius 2 is 1.96 bits per heavy atom. The van der Waals surface area contributed by atoms with Gasteiger partial charge in [-0.05, 0) is 20.8 Å². The summed E-state index contributed by atoms with van der Waals surface area (Å²) in [4.78, 5) is 30.2. The van der Waals surface area contributed by atoms with E-state index in [9.17, 15) is 19.3 Å². The average Bonchev–Trinajstić information content (AvgIpc) is 2.52. The van der Waals surface area contributed by atoms with Crippen LogP contribution in [0.2, 0.25) is 0 Å². The molecule has 0 aliphatic rings. The van der Waals surface area contributed by atoms with Gasteiger partial charge in [-0.2, -0.15) is 0 Å². The number of hydrogen-bond acceptors (Lipinski definition) is 7. The van der Waals surface area contributed by atoms with Crippen LogP contribution in [-0.2, 0) is 13.6 Å². The molecule has 0 radical (unpaired) electrons. The van der Waals surface area contributed by atoms with E-state index in [-0.39, 0.29) is 26.4 Å². The van der Waals surface area contributed by atoms with E-state index in [0.717, 1.165) is 4.73 Å². The van der Waals surface area contributed by atoms with E-state index in [1.54, 1.807) is 13.8 Å². The van der Waals surface area contributed by atoms with Crippen molar-refractivity contribution in [2.45, 2.75) is 20.8 Å². The van der Waals surface area contributed by atoms with Crippen LogP contribution < -0.4 is 16.1 Å². The van der Waals surface area contributed by atoms with E-state index in [4.69, 9.17) is 13.9 Å². The predicted molar refractivity (Wildman–Crippen MR) is 88.1 cm³/mol. The van der Waals surface area contributed by atoms with Crippen molar-refractivity contribution in [3.05, 3.63) is 44.5 Å². The topological polar surface area (TPSA) is 120 Å². The number of aromatic amines is 1. The Labute approximate surface area is 139 Å². The smallest absolute Gasteiger partial charge is 0.361 e. The molecule has 9 nitrogen and oxygen atoms in total. The van der Waals surface area contributed by atoms with Gasteiger partial charge >= 0.3 is 13.3 Å². The quantitative estimate of drug-likeness (QED) is 0.587. The molecule has 24 heavy (non-hydrogen) atoms. The molecule has 0 amide bonds. The van der Waals surface area contributed by atoms with Crippen LogP contribution >= 0.6 is 7.60 Å². The molecule has 0 aromatic carbocycles. The Balaban J connectivity index is 2.79. The van der Waals surface area contributed by atoms with Crippen molar-refractivity contribution in [1.82, 2.24) is 9.71 Å². The van der Waals surface area contributed by atoms with E-state index in [0.29, 0.717) is 5.56 Å². The number of nitrogens with zero attached hydrogens (tertiary/aromatic N) is 1. The molecule has 0 spiro atoms. The summed E-state index contributed by atoms with van der Waals surface area (Å²) in [5.74, 6) is 0.726. The molecule has 0 fully saturated rings. The van der Waals surface area contributed by atoms with Crippen LogP contribution in [0, 0.1) is 12.8 Å². The van der Waals surface area contributed by atoms with Crippen LogP contribution in [-0.4, -0.2) is 41.2 Å². The van der Waals surface area contributed by atoms with Gasteiger partial charge in [0.05, 0.1) is 26.0 Å². The van der Waals surface area contributed by atoms with Gasteiger partial charge in [0.1, 0.15) is 6.61 Å². The zero-order valence-electron chi connectivity index (χ0n) is 13.9. The Hall–Kier alpha value is -1.67. The fourth-order valence-corrected chi connectivity index (χ4v) is 3.12. The van der Waals surface area contributed by atoms with Crippen molar-refractivity contribution < 1.29 is 23.6 Å². The van der Waals surface area contributed by atoms with Crippen LogP contribution in [0.5, 0.6) is 0 Å². The zero-order chi connectivity index (χ0) is 18.2. The molecule has 1 heterocycles. The van der Waals surface area contributed by atoms with Gasteiger partial charge in [-0.25, -0.2) is 4.79 Å². The maximum Gasteiger partial charge on any atom is 0.361 e. The molecule has 1 atom stereocenters. The first-order chi connectivity index (χ1) is 11.3. The van der Waals surface area contributed by atoms with Crippen molar-refractivity contribution in [2.24, 2.45) is 5.92 Å². The molecule has 136 valence electrons. The summed E-state index contributed by atoms with van der Waals surface area (Å²) < 4.78 is 23.4. The zero-order valence-corrected chi connectivity index (χ0v) is 14.8. The Morgan fingerprint density at radius 3 is 2.50 bits per heavy atom. The molecule has 1 aromatic rings. The lowest BCUT2D eigenvalue weighted by atomic mass is 10.2. The van der Waals surface area contributed by atoms with Crippen molar-refractivity contribution in [1.29, 1.82) is 0 Å². The third kappa shape index (κ3) is 6.09. The minimum atomic E-state index is -3.37. The molecule has 0 aliphatic heterocycles. The summed E-state index contributed by atoms with van der Waals surface area (Å²) in [5, 5.41) is 9.38. The number of aliphatic hydroxyl groups excluding tert-OH is 1. The monoisotopic (exact) mass is 362 g/mol. The van der Waals surface area contributed by atoms with Gasteiger partial charge in [-0.3, -0.25) is 14.3 Å². The summed E-state index contributed by atoms with van der Waals surface area (Å²) >= 11 is 0. The molecule has 0 bridgehead atoms. The highest BCUT2D eigenvalue weighted by Crippen LogP contribution is 2.49. The highest BCUT2D eigenvalue weighted by Gasteiger charge is 2.20. The Morgan fingerprint density at radius 1 is 1.33 bits per heavy atom. The summed E-state index contributed by atoms with van der Waals surface area (Å²) in [6.07, 6.45) is 2.71. The standard InChI is InChI=1S/C14H23N2O7P/c1-4-22-24(20,23-5-2)7-6-12(9-17)10-21-16-8-11(3)13(18)15-14(16)19/h6-8,12,17H,4-5,9-10H2,1-3H3,(H,15,18,19)/b7-6+. The highest BCUT2D eigenvalue weighted by molar-refractivity contribution is 7.57. The minimum Gasteiger partial charge on any atom is -0.409 e. The molecule has 0 saturated carbocycles. The molecule has 1 unspecified atom stereocenters. The number of aromatic nitrogens is 2. The third-order valence-electron chi connectivity index (χ3n) is 2.91. The number of hydrogen-bond donors (Lipinski definition) is 2. The van der Waals surface area contributed by atoms with Gasteiger partial charge in [0.15, 0.2) is 0 Å². The number of H-pyrrole nitrogens is 1. The summed E-state index contributed by atoms with van der Waals surface area (Å²) in [5.41, 5.74) is -0.906. The fraction of sp³-hybridized carbons (Fsp3) is 0.571. The lowest BCUT2D eigenvalue weighted by molar-refractivity contribution is 0.0638. The SMILES string of the molecule is CCOP(=O)(/C=C/C(CO)COn1cc(C)c(=O)[nH]c1=O)OCC. The van der Waals surface area contributed by atoms with E-state index < -0.39 is 24.8 Å². The van der Waals surface area contributed by atoms with Gasteiger partial charge in [-0.15, -0.1) is 4.73 Å². The lowest BCUT2D eigenvalue weighted by Crippen LogP contribution is -2.36. The second-order valence-corrected chi connectivity index (χ2v) is 6.75. The van der Waals surface area contributed by atoms with E-state index >= 15 is 0 Å². The maximum atomic E-state index is 12.3. The number of aliphatic hydroxyl groups is 1. The molecular weight excluding hydrogens is 339 g/mol. The minimum absolute atomic E-state index is 0.0728. The maximum absolute atomic E-state index is 12.3. The molecular formula is C14H23N2O7P. The summed E-state index contributed by atoms with van der Waals surface area (Å²) in [6, 6.07) is 0. The molecule has 10 heteroatoms. The van der Waals surface area contributed by atoms with Crippen LogP contribution in [0.3, 0.4) is 0 Å². The predicted octanol–water partition coefficient (Wildman–Crippen LogP) is 0.662. The second kappa shape index (κ2) is 9.58. The first-order valence-electron chi connectivity index (χ1n) is 7.50. The highest BCUT2D eigenvalue weighted by atomic mass is 31.2. The van der Waals surface area contributed by atoms with Crippen LogP contribution in [0.25, 0.3) is 0 Å². The van der Waals surface area contributed by atoms with Crippen LogP contribution in [0.1, 0.15) is 19.4 Å². The molecule has 1 rings (SSSR count). The Bertz CT molecular complexity index is 700. The van der Waals surface area contributed by atoms with Gasteiger partial charge in [0.25, 0.3) is 5.56 Å². The van der Waals surface area contributed by atoms with E-state index in [1.807, 2.05) is 0 Å². The van der Waals surface area contributed by atoms with Gasteiger partial charge in [0, 0.05) is 17.3 Å². The first-order valence-corrected chi connectivity index (χ1v) is 9.11. The van der Waals surface area contributed by atoms with Gasteiger partial charge < -0.3 is 19.0 Å². The number of aryl methyl sites for hydroxylation is 1. The molecule has 1 aromatic heterocycles. The van der Waals surface area contributed by atoms with Gasteiger partial charge in [0.2, 0.25) is 0 Å². The fourth-order valence-electron chi connectivity index (χ4n) is 1.70. The molecule has 2 N–H and O–H groups in total. The second-order valence-electron chi connectivity index (χ2n) is 4.85. The number of rotatable bonds is 10. The number of nitrogens with one attached hydrogen (secondary N) is 1. The summed E-state index contributed by atoms with van der Waals surface area (Å²) in [7, 11) is -3.37. The first kappa shape index (κ1) is 20.4. The Kier molecular flexibility index (Phi) is 8.14. The normalized spacial score (nSPS) is 13.3. The van der Waals surface area contributed by atoms with E-state index in [2.05, 4.69) is 4.98 Å². The molecule has 0 saturated heterocycles. The van der Waals surface area contributed by atoms with Crippen LogP contribution in [0.4, 0.5) is 0 Å². The van der Waals surface area contributed by atoms with Crippen molar-refractivity contribution in [3.63, 3.8) is 0 Å². The van der Waals surface area contributed by atoms with Gasteiger partial charge in [-0.1, -0.05) is 6.08 Å². The summed E-state index contributed by atoms with van der Waals surface area (Å²) in [6.45, 7) is 4.97. The van der Waals surface area contributed by atoms with Crippen LogP contribution in [0.15, 0.2) is 27.7 Å². The lowest BCUT2D eigenvalue weighted by Gasteiger charge is -2.15. The van der Waals surface area contributed by atoms with Crippen molar-refractivity contribution >= 4 is 7.60 Å². The van der Waals surface area contributed by atoms with Crippen molar-refractivity contribution in [2.75, 3.05) is 26.4 Å². The van der Waals surface area contributed by atoms with Crippen molar-refractivity contribution in [3.8, 4) is 0 Å². The molecule has 0 aliphatic carbocycles. The van der Waals surface area contributed by atoms with E-state index in [1.165, 1.54) is 25.0 Å². The largest absolute Gasteiger partial charge is 0.409 e.